The van der Waals surface area contributed by atoms with Crippen LogP contribution in [0.5, 0.6) is 0 Å². The van der Waals surface area contributed by atoms with Crippen molar-refractivity contribution in [3.05, 3.63) is 36.4 Å². The Hall–Kier alpha value is -1.57. The standard InChI is InChI=1S/C15H20N2/c1-11(15(2,3)4)16-14-10-9-12-7-5-6-8-13(12)17-14/h5-11H,1-4H3,(H,16,17). The largest absolute Gasteiger partial charge is 0.367 e. The third kappa shape index (κ3) is 2.76. The van der Waals surface area contributed by atoms with Gasteiger partial charge >= 0.3 is 0 Å². The van der Waals surface area contributed by atoms with Crippen molar-refractivity contribution in [1.82, 2.24) is 4.98 Å². The van der Waals surface area contributed by atoms with E-state index in [9.17, 15) is 0 Å². The molecule has 2 heteroatoms. The maximum absolute atomic E-state index is 4.62. The number of rotatable bonds is 2. The Kier molecular flexibility index (Phi) is 3.05. The van der Waals surface area contributed by atoms with Crippen molar-refractivity contribution in [1.29, 1.82) is 0 Å². The van der Waals surface area contributed by atoms with Crippen LogP contribution in [0.3, 0.4) is 0 Å². The lowest BCUT2D eigenvalue weighted by Gasteiger charge is -2.28. The van der Waals surface area contributed by atoms with E-state index in [4.69, 9.17) is 0 Å². The topological polar surface area (TPSA) is 24.9 Å². The highest BCUT2D eigenvalue weighted by Crippen LogP contribution is 2.23. The second-order valence-electron chi connectivity index (χ2n) is 5.62. The number of hydrogen-bond donors (Lipinski definition) is 1. The molecule has 0 radical (unpaired) electrons. The van der Waals surface area contributed by atoms with Crippen molar-refractivity contribution in [2.45, 2.75) is 33.7 Å². The van der Waals surface area contributed by atoms with Gasteiger partial charge in [0.25, 0.3) is 0 Å². The predicted molar refractivity (Wildman–Crippen MR) is 74.3 cm³/mol. The summed E-state index contributed by atoms with van der Waals surface area (Å²) in [5, 5.41) is 4.64. The Labute approximate surface area is 103 Å². The fourth-order valence-electron chi connectivity index (χ4n) is 1.58. The first-order valence-corrected chi connectivity index (χ1v) is 6.09. The number of para-hydroxylation sites is 1. The molecule has 1 aromatic carbocycles. The molecule has 17 heavy (non-hydrogen) atoms. The minimum atomic E-state index is 0.229. The van der Waals surface area contributed by atoms with E-state index in [1.807, 2.05) is 24.3 Å². The molecule has 0 spiro atoms. The van der Waals surface area contributed by atoms with Gasteiger partial charge in [-0.25, -0.2) is 4.98 Å². The maximum Gasteiger partial charge on any atom is 0.126 e. The van der Waals surface area contributed by atoms with Crippen LogP contribution in [0.4, 0.5) is 5.82 Å². The van der Waals surface area contributed by atoms with Crippen LogP contribution in [0.2, 0.25) is 0 Å². The Morgan fingerprint density at radius 3 is 2.47 bits per heavy atom. The van der Waals surface area contributed by atoms with E-state index in [1.165, 1.54) is 5.39 Å². The highest BCUT2D eigenvalue weighted by Gasteiger charge is 2.19. The molecule has 0 aliphatic rings. The van der Waals surface area contributed by atoms with Crippen molar-refractivity contribution in [2.24, 2.45) is 5.41 Å². The molecule has 0 aliphatic carbocycles. The van der Waals surface area contributed by atoms with Crippen LogP contribution < -0.4 is 5.32 Å². The fraction of sp³-hybridized carbons (Fsp3) is 0.400. The fourth-order valence-corrected chi connectivity index (χ4v) is 1.58. The summed E-state index contributed by atoms with van der Waals surface area (Å²) in [6.07, 6.45) is 0. The zero-order chi connectivity index (χ0) is 12.5. The second kappa shape index (κ2) is 4.36. The maximum atomic E-state index is 4.62. The first-order chi connectivity index (χ1) is 7.97. The Morgan fingerprint density at radius 2 is 1.76 bits per heavy atom. The minimum Gasteiger partial charge on any atom is -0.367 e. The number of fused-ring (bicyclic) bond motifs is 1. The van der Waals surface area contributed by atoms with Gasteiger partial charge in [0.2, 0.25) is 0 Å². The van der Waals surface area contributed by atoms with Gasteiger partial charge in [-0.15, -0.1) is 0 Å². The Balaban J connectivity index is 2.25. The predicted octanol–water partition coefficient (Wildman–Crippen LogP) is 4.08. The van der Waals surface area contributed by atoms with Gasteiger partial charge in [0.1, 0.15) is 5.82 Å². The second-order valence-corrected chi connectivity index (χ2v) is 5.62. The molecule has 1 aromatic heterocycles. The lowest BCUT2D eigenvalue weighted by atomic mass is 9.88. The van der Waals surface area contributed by atoms with E-state index < -0.39 is 0 Å². The highest BCUT2D eigenvalue weighted by molar-refractivity contribution is 5.80. The zero-order valence-corrected chi connectivity index (χ0v) is 11.0. The molecular formula is C15H20N2. The summed E-state index contributed by atoms with van der Waals surface area (Å²) in [5.74, 6) is 0.950. The number of benzene rings is 1. The van der Waals surface area contributed by atoms with Gasteiger partial charge < -0.3 is 5.32 Å². The summed E-state index contributed by atoms with van der Waals surface area (Å²) in [6, 6.07) is 12.7. The molecule has 2 nitrogen and oxygen atoms in total. The molecule has 90 valence electrons. The number of pyridine rings is 1. The molecule has 0 aliphatic heterocycles. The SMILES string of the molecule is CC(Nc1ccc2ccccc2n1)C(C)(C)C. The van der Waals surface area contributed by atoms with Crippen molar-refractivity contribution >= 4 is 16.7 Å². The van der Waals surface area contributed by atoms with E-state index >= 15 is 0 Å². The molecule has 1 heterocycles. The molecule has 0 bridgehead atoms. The normalized spacial score (nSPS) is 13.6. The highest BCUT2D eigenvalue weighted by atomic mass is 15.0. The molecule has 0 saturated carbocycles. The lowest BCUT2D eigenvalue weighted by Crippen LogP contribution is -2.31. The summed E-state index contributed by atoms with van der Waals surface area (Å²) in [6.45, 7) is 8.88. The molecule has 1 N–H and O–H groups in total. The summed E-state index contributed by atoms with van der Waals surface area (Å²) < 4.78 is 0. The average Bonchev–Trinajstić information content (AvgIpc) is 2.27. The van der Waals surface area contributed by atoms with Gasteiger partial charge in [0, 0.05) is 11.4 Å². The monoisotopic (exact) mass is 228 g/mol. The lowest BCUT2D eigenvalue weighted by molar-refractivity contribution is 0.359. The summed E-state index contributed by atoms with van der Waals surface area (Å²) in [5.41, 5.74) is 1.27. The first kappa shape index (κ1) is 11.9. The Morgan fingerprint density at radius 1 is 1.06 bits per heavy atom. The average molecular weight is 228 g/mol. The number of hydrogen-bond acceptors (Lipinski definition) is 2. The third-order valence-electron chi connectivity index (χ3n) is 3.26. The van der Waals surface area contributed by atoms with E-state index in [0.717, 1.165) is 11.3 Å². The van der Waals surface area contributed by atoms with Gasteiger partial charge in [-0.1, -0.05) is 39.0 Å². The molecule has 0 amide bonds. The minimum absolute atomic E-state index is 0.229. The van der Waals surface area contributed by atoms with Crippen molar-refractivity contribution in [3.63, 3.8) is 0 Å². The van der Waals surface area contributed by atoms with Crippen LogP contribution in [0.25, 0.3) is 10.9 Å². The van der Waals surface area contributed by atoms with Crippen LogP contribution in [0.1, 0.15) is 27.7 Å². The third-order valence-corrected chi connectivity index (χ3v) is 3.26. The van der Waals surface area contributed by atoms with E-state index in [2.05, 4.69) is 50.1 Å². The van der Waals surface area contributed by atoms with Crippen LogP contribution >= 0.6 is 0 Å². The van der Waals surface area contributed by atoms with Crippen LogP contribution in [0.15, 0.2) is 36.4 Å². The molecular weight excluding hydrogens is 208 g/mol. The van der Waals surface area contributed by atoms with E-state index in [1.54, 1.807) is 0 Å². The van der Waals surface area contributed by atoms with Crippen LogP contribution in [0, 0.1) is 5.41 Å². The van der Waals surface area contributed by atoms with Crippen molar-refractivity contribution < 1.29 is 0 Å². The van der Waals surface area contributed by atoms with Crippen LogP contribution in [-0.4, -0.2) is 11.0 Å². The van der Waals surface area contributed by atoms with Gasteiger partial charge in [-0.2, -0.15) is 0 Å². The van der Waals surface area contributed by atoms with Gasteiger partial charge in [-0.3, -0.25) is 0 Å². The summed E-state index contributed by atoms with van der Waals surface area (Å²) >= 11 is 0. The quantitative estimate of drug-likeness (QED) is 0.837. The van der Waals surface area contributed by atoms with Crippen molar-refractivity contribution in [3.8, 4) is 0 Å². The molecule has 1 unspecified atom stereocenters. The molecule has 2 aromatic rings. The zero-order valence-electron chi connectivity index (χ0n) is 11.0. The summed E-state index contributed by atoms with van der Waals surface area (Å²) in [7, 11) is 0. The smallest absolute Gasteiger partial charge is 0.126 e. The van der Waals surface area contributed by atoms with Crippen LogP contribution in [-0.2, 0) is 0 Å². The number of aromatic nitrogens is 1. The van der Waals surface area contributed by atoms with Crippen molar-refractivity contribution in [2.75, 3.05) is 5.32 Å². The molecule has 1 atom stereocenters. The van der Waals surface area contributed by atoms with E-state index in [-0.39, 0.29) is 5.41 Å². The Bertz CT molecular complexity index is 512. The van der Waals surface area contributed by atoms with Gasteiger partial charge in [0.15, 0.2) is 0 Å². The molecule has 2 rings (SSSR count). The number of anilines is 1. The molecule has 0 saturated heterocycles. The number of nitrogens with zero attached hydrogens (tertiary/aromatic N) is 1. The van der Waals surface area contributed by atoms with Gasteiger partial charge in [-0.05, 0) is 30.5 Å². The molecule has 0 fully saturated rings. The van der Waals surface area contributed by atoms with Gasteiger partial charge in [0.05, 0.1) is 5.52 Å². The summed E-state index contributed by atoms with van der Waals surface area (Å²) in [4.78, 5) is 4.62. The first-order valence-electron chi connectivity index (χ1n) is 6.09. The number of nitrogens with one attached hydrogen (secondary N) is 1. The van der Waals surface area contributed by atoms with E-state index in [0.29, 0.717) is 6.04 Å².